The average Bonchev–Trinajstić information content (AvgIpc) is 3.83. The molecule has 0 saturated heterocycles. The fourth-order valence-electron chi connectivity index (χ4n) is 11.3. The molecule has 2 bridgehead atoms. The summed E-state index contributed by atoms with van der Waals surface area (Å²) in [7, 11) is 0. The van der Waals surface area contributed by atoms with Gasteiger partial charge in [0.15, 0.2) is 10.1 Å². The highest BCUT2D eigenvalue weighted by Crippen LogP contribution is 2.78. The normalized spacial score (nSPS) is 36.4. The number of benzene rings is 2. The smallest absolute Gasteiger partial charge is 0.416 e. The van der Waals surface area contributed by atoms with Crippen LogP contribution in [0.4, 0.5) is 13.2 Å². The molecule has 272 valence electrons. The van der Waals surface area contributed by atoms with Crippen molar-refractivity contribution >= 4 is 50.7 Å². The summed E-state index contributed by atoms with van der Waals surface area (Å²) in [6.45, 7) is 4.53. The van der Waals surface area contributed by atoms with Gasteiger partial charge < -0.3 is 14.6 Å². The molecule has 52 heavy (non-hydrogen) atoms. The van der Waals surface area contributed by atoms with Crippen LogP contribution in [0.25, 0.3) is 21.5 Å². The SMILES string of the molecule is CC12CCC(O)CC13C=CC1(C(C(=O)c4ccc(-c5cc(C(F)(F)F)ccc5Cl)o4)=C3)C2CCC2(C)C1CCC2(O)CSc1nc2ccccc2s1. The number of thioether (sulfide) groups is 1. The molecule has 8 unspecified atom stereocenters. The monoisotopic (exact) mass is 765 g/mol. The molecule has 0 amide bonds. The Hall–Kier alpha value is -2.89. The number of fused-ring (bicyclic) bond motifs is 2. The lowest BCUT2D eigenvalue weighted by Crippen LogP contribution is -2.67. The third-order valence-electron chi connectivity index (χ3n) is 14.1. The number of allylic oxidation sites excluding steroid dienone is 4. The Bertz CT molecular complexity index is 2160. The van der Waals surface area contributed by atoms with Crippen molar-refractivity contribution in [1.82, 2.24) is 4.98 Å². The summed E-state index contributed by atoms with van der Waals surface area (Å²) in [5.41, 5.74) is -2.20. The lowest BCUT2D eigenvalue weighted by molar-refractivity contribution is -0.166. The van der Waals surface area contributed by atoms with Crippen molar-refractivity contribution in [3.8, 4) is 11.3 Å². The number of ketones is 1. The molecule has 2 spiro atoms. The van der Waals surface area contributed by atoms with E-state index in [2.05, 4.69) is 38.1 Å². The Balaban J connectivity index is 1.11. The molecule has 4 aromatic rings. The maximum Gasteiger partial charge on any atom is 0.416 e. The van der Waals surface area contributed by atoms with Crippen LogP contribution in [0, 0.1) is 33.5 Å². The van der Waals surface area contributed by atoms with Crippen LogP contribution in [0.5, 0.6) is 0 Å². The van der Waals surface area contributed by atoms with E-state index in [0.29, 0.717) is 30.6 Å². The number of para-hydroxylation sites is 1. The van der Waals surface area contributed by atoms with E-state index in [9.17, 15) is 28.2 Å². The van der Waals surface area contributed by atoms with Gasteiger partial charge in [0.1, 0.15) is 5.76 Å². The van der Waals surface area contributed by atoms with Gasteiger partial charge in [0.2, 0.25) is 5.78 Å². The van der Waals surface area contributed by atoms with E-state index >= 15 is 0 Å². The fraction of sp³-hybridized carbons (Fsp3) is 0.463. The maximum absolute atomic E-state index is 15.0. The van der Waals surface area contributed by atoms with Gasteiger partial charge >= 0.3 is 6.18 Å². The molecule has 11 heteroatoms. The Kier molecular flexibility index (Phi) is 7.75. The van der Waals surface area contributed by atoms with Gasteiger partial charge in [-0.2, -0.15) is 13.2 Å². The molecule has 2 heterocycles. The zero-order valence-electron chi connectivity index (χ0n) is 28.8. The number of carbonyl (C=O) groups is 1. The van der Waals surface area contributed by atoms with E-state index in [4.69, 9.17) is 21.0 Å². The molecule has 0 radical (unpaired) electrons. The van der Waals surface area contributed by atoms with Crippen molar-refractivity contribution in [2.24, 2.45) is 33.5 Å². The molecule has 6 aliphatic rings. The Labute approximate surface area is 313 Å². The van der Waals surface area contributed by atoms with Crippen LogP contribution in [0.1, 0.15) is 74.9 Å². The second kappa shape index (κ2) is 11.6. The largest absolute Gasteiger partial charge is 0.453 e. The second-order valence-electron chi connectivity index (χ2n) is 16.2. The summed E-state index contributed by atoms with van der Waals surface area (Å²) in [4.78, 5) is 19.8. The second-order valence-corrected chi connectivity index (χ2v) is 18.9. The number of nitrogens with zero attached hydrogens (tertiary/aromatic N) is 1. The standard InChI is InChI=1S/C41H39ClF3NO4S2/c1-36-14-11-24(47)20-38(36)17-18-40(26(21-38)34(48)30-10-9-29(50-30)25-19-23(41(43,44)45)7-8-27(25)42)32(36)12-15-37(2)33(40)13-16-39(37,49)22-51-35-46-28-5-3-4-6-31(28)52-35/h3-10,17-19,21,24,32-33,47,49H,11-16,20,22H2,1-2H3. The maximum atomic E-state index is 15.0. The highest BCUT2D eigenvalue weighted by molar-refractivity contribution is 8.01. The van der Waals surface area contributed by atoms with Crippen molar-refractivity contribution in [2.45, 2.75) is 81.0 Å². The number of aromatic nitrogens is 1. The molecule has 3 saturated carbocycles. The molecule has 2 aromatic heterocycles. The van der Waals surface area contributed by atoms with Gasteiger partial charge in [0, 0.05) is 33.1 Å². The number of thiazole rings is 1. The summed E-state index contributed by atoms with van der Waals surface area (Å²) in [5.74, 6) is 0.326. The Morgan fingerprint density at radius 2 is 1.77 bits per heavy atom. The van der Waals surface area contributed by atoms with Crippen LogP contribution < -0.4 is 0 Å². The number of aliphatic hydroxyl groups excluding tert-OH is 1. The first-order valence-electron chi connectivity index (χ1n) is 18.0. The Morgan fingerprint density at radius 3 is 2.56 bits per heavy atom. The first-order valence-corrected chi connectivity index (χ1v) is 20.1. The van der Waals surface area contributed by atoms with Crippen molar-refractivity contribution < 1.29 is 32.6 Å². The van der Waals surface area contributed by atoms with Crippen molar-refractivity contribution in [3.63, 3.8) is 0 Å². The van der Waals surface area contributed by atoms with E-state index in [1.54, 1.807) is 23.1 Å². The van der Waals surface area contributed by atoms with Crippen LogP contribution in [0.3, 0.4) is 0 Å². The molecule has 5 nitrogen and oxygen atoms in total. The van der Waals surface area contributed by atoms with E-state index < -0.39 is 39.7 Å². The van der Waals surface area contributed by atoms with Crippen LogP contribution in [-0.2, 0) is 6.18 Å². The topological polar surface area (TPSA) is 83.6 Å². The average molecular weight is 766 g/mol. The van der Waals surface area contributed by atoms with Gasteiger partial charge in [0.05, 0.1) is 32.5 Å². The predicted octanol–water partition coefficient (Wildman–Crippen LogP) is 10.8. The van der Waals surface area contributed by atoms with Crippen LogP contribution in [0.2, 0.25) is 5.02 Å². The van der Waals surface area contributed by atoms with Crippen molar-refractivity contribution in [1.29, 1.82) is 0 Å². The van der Waals surface area contributed by atoms with Crippen LogP contribution in [-0.4, -0.2) is 38.4 Å². The number of carbonyl (C=O) groups excluding carboxylic acids is 1. The number of aliphatic hydroxyl groups is 2. The van der Waals surface area contributed by atoms with Gasteiger partial charge in [-0.15, -0.1) is 11.3 Å². The minimum atomic E-state index is -4.57. The van der Waals surface area contributed by atoms with Gasteiger partial charge in [-0.3, -0.25) is 4.79 Å². The third kappa shape index (κ3) is 4.76. The number of halogens is 4. The number of hydrogen-bond acceptors (Lipinski definition) is 7. The lowest BCUT2D eigenvalue weighted by atomic mass is 9.32. The number of Topliss-reactive ketones (excluding diaryl/α,β-unsaturated/α-hetero) is 1. The van der Waals surface area contributed by atoms with Gasteiger partial charge in [-0.1, -0.05) is 67.6 Å². The number of rotatable bonds is 6. The minimum Gasteiger partial charge on any atom is -0.453 e. The zero-order valence-corrected chi connectivity index (χ0v) is 31.2. The highest BCUT2D eigenvalue weighted by atomic mass is 35.5. The van der Waals surface area contributed by atoms with Gasteiger partial charge in [0.25, 0.3) is 0 Å². The van der Waals surface area contributed by atoms with Gasteiger partial charge in [-0.25, -0.2) is 4.98 Å². The lowest BCUT2D eigenvalue weighted by Gasteiger charge is -2.71. The molecule has 2 aromatic carbocycles. The van der Waals surface area contributed by atoms with Crippen LogP contribution >= 0.6 is 34.7 Å². The molecule has 3 fully saturated rings. The quantitative estimate of drug-likeness (QED) is 0.116. The van der Waals surface area contributed by atoms with Crippen molar-refractivity contribution in [2.75, 3.05) is 5.75 Å². The summed E-state index contributed by atoms with van der Waals surface area (Å²) >= 11 is 9.60. The summed E-state index contributed by atoms with van der Waals surface area (Å²) in [6.07, 6.45) is 6.49. The van der Waals surface area contributed by atoms with E-state index in [1.165, 1.54) is 18.2 Å². The third-order valence-corrected chi connectivity index (χ3v) is 16.8. The first-order chi connectivity index (χ1) is 24.6. The number of hydrogen-bond donors (Lipinski definition) is 2. The molecule has 8 atom stereocenters. The first kappa shape index (κ1) is 34.9. The molecule has 6 aliphatic carbocycles. The molecular weight excluding hydrogens is 727 g/mol. The van der Waals surface area contributed by atoms with E-state index in [1.807, 2.05) is 18.2 Å². The highest BCUT2D eigenvalue weighted by Gasteiger charge is 2.74. The van der Waals surface area contributed by atoms with E-state index in [0.717, 1.165) is 52.4 Å². The molecular formula is C41H39ClF3NO4S2. The van der Waals surface area contributed by atoms with Gasteiger partial charge in [-0.05, 0) is 105 Å². The number of furan rings is 1. The minimum absolute atomic E-state index is 0.0326. The van der Waals surface area contributed by atoms with E-state index in [-0.39, 0.29) is 45.1 Å². The molecule has 10 rings (SSSR count). The summed E-state index contributed by atoms with van der Waals surface area (Å²) in [5, 5.41) is 23.8. The molecule has 0 aliphatic heterocycles. The van der Waals surface area contributed by atoms with Crippen LogP contribution in [0.15, 0.2) is 87.2 Å². The predicted molar refractivity (Wildman–Crippen MR) is 197 cm³/mol. The number of alkyl halides is 3. The Morgan fingerprint density at radius 1 is 1.02 bits per heavy atom. The zero-order chi connectivity index (χ0) is 36.5. The fourth-order valence-corrected chi connectivity index (χ4v) is 13.9. The summed E-state index contributed by atoms with van der Waals surface area (Å²) in [6, 6.07) is 14.1. The van der Waals surface area contributed by atoms with Crippen molar-refractivity contribution in [3.05, 3.63) is 94.7 Å². The molecule has 2 N–H and O–H groups in total. The summed E-state index contributed by atoms with van der Waals surface area (Å²) < 4.78 is 49.0.